The Morgan fingerprint density at radius 3 is 3.06 bits per heavy atom. The normalized spacial score (nSPS) is 20.2. The first-order chi connectivity index (χ1) is 8.58. The SMILES string of the molecule is CN1CC(NCc2cccc(Br)c2O)CCC1=O. The molecule has 1 aromatic rings. The molecule has 4 nitrogen and oxygen atoms in total. The minimum Gasteiger partial charge on any atom is -0.506 e. The fourth-order valence-corrected chi connectivity index (χ4v) is 2.54. The second-order valence-electron chi connectivity index (χ2n) is 4.64. The molecule has 1 saturated heterocycles. The van der Waals surface area contributed by atoms with Crippen molar-refractivity contribution in [1.82, 2.24) is 10.2 Å². The first-order valence-corrected chi connectivity index (χ1v) is 6.81. The highest BCUT2D eigenvalue weighted by molar-refractivity contribution is 9.10. The number of aromatic hydroxyl groups is 1. The van der Waals surface area contributed by atoms with Gasteiger partial charge in [-0.2, -0.15) is 0 Å². The first-order valence-electron chi connectivity index (χ1n) is 6.01. The molecule has 0 spiro atoms. The number of rotatable bonds is 3. The Balaban J connectivity index is 1.92. The van der Waals surface area contributed by atoms with Gasteiger partial charge < -0.3 is 15.3 Å². The predicted octanol–water partition coefficient (Wildman–Crippen LogP) is 1.87. The number of amides is 1. The zero-order valence-corrected chi connectivity index (χ0v) is 11.9. The van der Waals surface area contributed by atoms with E-state index < -0.39 is 0 Å². The second-order valence-corrected chi connectivity index (χ2v) is 5.49. The van der Waals surface area contributed by atoms with Crippen molar-refractivity contribution in [2.24, 2.45) is 0 Å². The fourth-order valence-electron chi connectivity index (χ4n) is 2.14. The predicted molar refractivity (Wildman–Crippen MR) is 73.3 cm³/mol. The van der Waals surface area contributed by atoms with Gasteiger partial charge in [0.2, 0.25) is 5.91 Å². The highest BCUT2D eigenvalue weighted by atomic mass is 79.9. The van der Waals surface area contributed by atoms with Gasteiger partial charge in [-0.25, -0.2) is 0 Å². The Morgan fingerprint density at radius 2 is 2.33 bits per heavy atom. The van der Waals surface area contributed by atoms with Crippen LogP contribution in [0.3, 0.4) is 0 Å². The van der Waals surface area contributed by atoms with Crippen LogP contribution in [-0.4, -0.2) is 35.5 Å². The summed E-state index contributed by atoms with van der Waals surface area (Å²) < 4.78 is 0.706. The Labute approximate surface area is 115 Å². The lowest BCUT2D eigenvalue weighted by Gasteiger charge is -2.30. The van der Waals surface area contributed by atoms with Crippen molar-refractivity contribution in [3.05, 3.63) is 28.2 Å². The number of hydrogen-bond donors (Lipinski definition) is 2. The van der Waals surface area contributed by atoms with Crippen molar-refractivity contribution in [3.63, 3.8) is 0 Å². The molecule has 0 aromatic heterocycles. The van der Waals surface area contributed by atoms with Gasteiger partial charge >= 0.3 is 0 Å². The van der Waals surface area contributed by atoms with Crippen LogP contribution in [0.25, 0.3) is 0 Å². The largest absolute Gasteiger partial charge is 0.506 e. The number of carbonyl (C=O) groups excluding carboxylic acids is 1. The van der Waals surface area contributed by atoms with Crippen LogP contribution in [0.1, 0.15) is 18.4 Å². The van der Waals surface area contributed by atoms with Crippen LogP contribution in [-0.2, 0) is 11.3 Å². The van der Waals surface area contributed by atoms with Crippen molar-refractivity contribution in [3.8, 4) is 5.75 Å². The quantitative estimate of drug-likeness (QED) is 0.896. The van der Waals surface area contributed by atoms with Crippen LogP contribution >= 0.6 is 15.9 Å². The summed E-state index contributed by atoms with van der Waals surface area (Å²) in [6.07, 6.45) is 1.45. The summed E-state index contributed by atoms with van der Waals surface area (Å²) in [6, 6.07) is 5.90. The van der Waals surface area contributed by atoms with Gasteiger partial charge in [0.15, 0.2) is 0 Å². The summed E-state index contributed by atoms with van der Waals surface area (Å²) in [5, 5.41) is 13.3. The number of phenols is 1. The molecule has 5 heteroatoms. The third kappa shape index (κ3) is 3.03. The van der Waals surface area contributed by atoms with E-state index in [0.717, 1.165) is 18.5 Å². The lowest BCUT2D eigenvalue weighted by Crippen LogP contribution is -2.46. The van der Waals surface area contributed by atoms with Crippen LogP contribution in [0, 0.1) is 0 Å². The van der Waals surface area contributed by atoms with E-state index >= 15 is 0 Å². The molecule has 0 radical (unpaired) electrons. The average molecular weight is 313 g/mol. The first kappa shape index (κ1) is 13.4. The van der Waals surface area contributed by atoms with Crippen molar-refractivity contribution in [2.45, 2.75) is 25.4 Å². The molecule has 2 rings (SSSR count). The van der Waals surface area contributed by atoms with E-state index in [1.165, 1.54) is 0 Å². The van der Waals surface area contributed by atoms with E-state index in [-0.39, 0.29) is 11.7 Å². The highest BCUT2D eigenvalue weighted by Crippen LogP contribution is 2.27. The third-order valence-corrected chi connectivity index (χ3v) is 3.92. The molecule has 18 heavy (non-hydrogen) atoms. The maximum atomic E-state index is 11.4. The van der Waals surface area contributed by atoms with E-state index in [1.54, 1.807) is 4.90 Å². The summed E-state index contributed by atoms with van der Waals surface area (Å²) in [4.78, 5) is 13.1. The molecule has 2 N–H and O–H groups in total. The van der Waals surface area contributed by atoms with E-state index in [0.29, 0.717) is 23.5 Å². The van der Waals surface area contributed by atoms with E-state index in [2.05, 4.69) is 21.2 Å². The number of nitrogens with zero attached hydrogens (tertiary/aromatic N) is 1. The van der Waals surface area contributed by atoms with Crippen molar-refractivity contribution in [2.75, 3.05) is 13.6 Å². The number of phenolic OH excluding ortho intramolecular Hbond substituents is 1. The minimum atomic E-state index is 0.207. The molecule has 1 unspecified atom stereocenters. The average Bonchev–Trinajstić information content (AvgIpc) is 2.35. The van der Waals surface area contributed by atoms with Gasteiger partial charge in [0, 0.05) is 38.2 Å². The minimum absolute atomic E-state index is 0.207. The third-order valence-electron chi connectivity index (χ3n) is 3.28. The number of benzene rings is 1. The Kier molecular flexibility index (Phi) is 4.24. The van der Waals surface area contributed by atoms with Crippen molar-refractivity contribution in [1.29, 1.82) is 0 Å². The molecular formula is C13H17BrN2O2. The second kappa shape index (κ2) is 5.71. The zero-order valence-electron chi connectivity index (χ0n) is 10.3. The molecule has 0 saturated carbocycles. The van der Waals surface area contributed by atoms with E-state index in [9.17, 15) is 9.90 Å². The standard InChI is InChI=1S/C13H17BrN2O2/c1-16-8-10(5-6-12(16)17)15-7-9-3-2-4-11(14)13(9)18/h2-4,10,15,18H,5-8H2,1H3. The summed E-state index contributed by atoms with van der Waals surface area (Å²) >= 11 is 3.30. The summed E-state index contributed by atoms with van der Waals surface area (Å²) in [5.74, 6) is 0.489. The summed E-state index contributed by atoms with van der Waals surface area (Å²) in [6.45, 7) is 1.34. The monoisotopic (exact) mass is 312 g/mol. The number of carbonyl (C=O) groups is 1. The summed E-state index contributed by atoms with van der Waals surface area (Å²) in [5.41, 5.74) is 0.865. The number of piperidine rings is 1. The lowest BCUT2D eigenvalue weighted by molar-refractivity contribution is -0.132. The number of likely N-dealkylation sites (N-methyl/N-ethyl adjacent to an activating group) is 1. The van der Waals surface area contributed by atoms with Crippen LogP contribution < -0.4 is 5.32 Å². The van der Waals surface area contributed by atoms with Gasteiger partial charge in [-0.1, -0.05) is 12.1 Å². The number of likely N-dealkylation sites (tertiary alicyclic amines) is 1. The molecular weight excluding hydrogens is 296 g/mol. The molecule has 1 heterocycles. The fraction of sp³-hybridized carbons (Fsp3) is 0.462. The summed E-state index contributed by atoms with van der Waals surface area (Å²) in [7, 11) is 1.83. The van der Waals surface area contributed by atoms with Crippen molar-refractivity contribution >= 4 is 21.8 Å². The van der Waals surface area contributed by atoms with Gasteiger partial charge in [-0.3, -0.25) is 4.79 Å². The van der Waals surface area contributed by atoms with Gasteiger partial charge in [0.25, 0.3) is 0 Å². The highest BCUT2D eigenvalue weighted by Gasteiger charge is 2.22. The van der Waals surface area contributed by atoms with Crippen molar-refractivity contribution < 1.29 is 9.90 Å². The van der Waals surface area contributed by atoms with Crippen LogP contribution in [0.2, 0.25) is 0 Å². The van der Waals surface area contributed by atoms with Crippen LogP contribution in [0.5, 0.6) is 5.75 Å². The molecule has 1 aromatic carbocycles. The molecule has 1 aliphatic heterocycles. The maximum absolute atomic E-state index is 11.4. The van der Waals surface area contributed by atoms with Crippen LogP contribution in [0.15, 0.2) is 22.7 Å². The number of nitrogens with one attached hydrogen (secondary N) is 1. The molecule has 1 aliphatic rings. The van der Waals surface area contributed by atoms with Gasteiger partial charge in [0.05, 0.1) is 4.47 Å². The number of para-hydroxylation sites is 1. The topological polar surface area (TPSA) is 52.6 Å². The molecule has 98 valence electrons. The van der Waals surface area contributed by atoms with Gasteiger partial charge in [-0.15, -0.1) is 0 Å². The lowest BCUT2D eigenvalue weighted by atomic mass is 10.1. The molecule has 1 atom stereocenters. The number of hydrogen-bond acceptors (Lipinski definition) is 3. The Bertz CT molecular complexity index is 451. The van der Waals surface area contributed by atoms with Gasteiger partial charge in [0.1, 0.15) is 5.75 Å². The molecule has 0 aliphatic carbocycles. The van der Waals surface area contributed by atoms with Crippen LogP contribution in [0.4, 0.5) is 0 Å². The Morgan fingerprint density at radius 1 is 1.56 bits per heavy atom. The molecule has 1 fully saturated rings. The van der Waals surface area contributed by atoms with Gasteiger partial charge in [-0.05, 0) is 28.4 Å². The smallest absolute Gasteiger partial charge is 0.222 e. The Hall–Kier alpha value is -1.07. The zero-order chi connectivity index (χ0) is 13.1. The molecule has 1 amide bonds. The number of halogens is 1. The maximum Gasteiger partial charge on any atom is 0.222 e. The van der Waals surface area contributed by atoms with E-state index in [4.69, 9.17) is 0 Å². The van der Waals surface area contributed by atoms with E-state index in [1.807, 2.05) is 25.2 Å². The molecule has 0 bridgehead atoms.